The summed E-state index contributed by atoms with van der Waals surface area (Å²) in [6.45, 7) is 3.56. The highest BCUT2D eigenvalue weighted by atomic mass is 16.5. The van der Waals surface area contributed by atoms with Crippen molar-refractivity contribution in [3.05, 3.63) is 42.4 Å². The Kier molecular flexibility index (Phi) is 4.53. The second-order valence-corrected chi connectivity index (χ2v) is 4.78. The summed E-state index contributed by atoms with van der Waals surface area (Å²) in [4.78, 5) is 15.8. The Morgan fingerprint density at radius 2 is 2.05 bits per heavy atom. The van der Waals surface area contributed by atoms with Gasteiger partial charge in [-0.15, -0.1) is 0 Å². The number of carbonyl (C=O) groups excluding carboxylic acids is 1. The van der Waals surface area contributed by atoms with E-state index in [1.54, 1.807) is 20.0 Å². The number of nitrogens with zero attached hydrogens (tertiary/aromatic N) is 1. The molecule has 0 spiro atoms. The smallest absolute Gasteiger partial charge is 0.323 e. The summed E-state index contributed by atoms with van der Waals surface area (Å²) in [5.74, 6) is 0.640. The minimum absolute atomic E-state index is 0.182. The Morgan fingerprint density at radius 3 is 2.70 bits per heavy atom. The number of ether oxygens (including phenoxy) is 1. The molecule has 0 bridgehead atoms. The third-order valence-electron chi connectivity index (χ3n) is 2.66. The number of carbonyl (C=O) groups is 1. The molecule has 1 aromatic carbocycles. The molecule has 0 aliphatic heterocycles. The summed E-state index contributed by atoms with van der Waals surface area (Å²) in [7, 11) is 0. The Balaban J connectivity index is 2.01. The molecule has 0 fully saturated rings. The maximum absolute atomic E-state index is 11.6. The van der Waals surface area contributed by atoms with Crippen LogP contribution < -0.4 is 5.73 Å². The van der Waals surface area contributed by atoms with Crippen molar-refractivity contribution in [2.45, 2.75) is 32.4 Å². The predicted octanol–water partition coefficient (Wildman–Crippen LogP) is 2.16. The van der Waals surface area contributed by atoms with E-state index >= 15 is 0 Å². The fourth-order valence-electron chi connectivity index (χ4n) is 1.73. The van der Waals surface area contributed by atoms with Gasteiger partial charge < -0.3 is 14.9 Å². The molecule has 20 heavy (non-hydrogen) atoms. The minimum atomic E-state index is -0.764. The molecule has 0 aliphatic rings. The van der Waals surface area contributed by atoms with Gasteiger partial charge in [-0.2, -0.15) is 0 Å². The highest BCUT2D eigenvalue weighted by Crippen LogP contribution is 2.20. The summed E-state index contributed by atoms with van der Waals surface area (Å²) in [5.41, 5.74) is 6.71. The van der Waals surface area contributed by atoms with Gasteiger partial charge in [0, 0.05) is 5.56 Å². The summed E-state index contributed by atoms with van der Waals surface area (Å²) in [5, 5.41) is 0. The first-order valence-electron chi connectivity index (χ1n) is 6.52. The first-order chi connectivity index (χ1) is 9.56. The van der Waals surface area contributed by atoms with Crippen LogP contribution in [0, 0.1) is 0 Å². The van der Waals surface area contributed by atoms with Gasteiger partial charge in [-0.1, -0.05) is 30.3 Å². The van der Waals surface area contributed by atoms with Crippen LogP contribution in [0.1, 0.15) is 19.7 Å². The van der Waals surface area contributed by atoms with Crippen LogP contribution in [-0.4, -0.2) is 23.1 Å². The van der Waals surface area contributed by atoms with E-state index in [1.165, 1.54) is 0 Å². The van der Waals surface area contributed by atoms with Gasteiger partial charge in [0.2, 0.25) is 0 Å². The van der Waals surface area contributed by atoms with E-state index in [-0.39, 0.29) is 12.5 Å². The lowest BCUT2D eigenvalue weighted by atomic mass is 10.2. The molecular formula is C15H18N2O3. The van der Waals surface area contributed by atoms with Crippen molar-refractivity contribution >= 4 is 5.97 Å². The van der Waals surface area contributed by atoms with Gasteiger partial charge in [-0.3, -0.25) is 4.79 Å². The maximum atomic E-state index is 11.6. The Labute approximate surface area is 117 Å². The van der Waals surface area contributed by atoms with E-state index in [2.05, 4.69) is 4.98 Å². The molecule has 0 radical (unpaired) electrons. The van der Waals surface area contributed by atoms with Gasteiger partial charge >= 0.3 is 5.97 Å². The lowest BCUT2D eigenvalue weighted by molar-refractivity contribution is -0.149. The molecule has 5 nitrogen and oxygen atoms in total. The third kappa shape index (κ3) is 3.68. The maximum Gasteiger partial charge on any atom is 0.323 e. The lowest BCUT2D eigenvalue weighted by Gasteiger charge is -2.12. The van der Waals surface area contributed by atoms with Gasteiger partial charge in [-0.25, -0.2) is 4.98 Å². The number of hydrogen-bond donors (Lipinski definition) is 1. The molecule has 0 saturated carbocycles. The SMILES string of the molecule is CC(C)OC(=O)C(N)Cc1ncc(-c2ccccc2)o1. The quantitative estimate of drug-likeness (QED) is 0.845. The van der Waals surface area contributed by atoms with Crippen molar-refractivity contribution in [3.63, 3.8) is 0 Å². The molecule has 2 N–H and O–H groups in total. The monoisotopic (exact) mass is 274 g/mol. The number of esters is 1. The van der Waals surface area contributed by atoms with Gasteiger partial charge in [-0.05, 0) is 13.8 Å². The van der Waals surface area contributed by atoms with Crippen molar-refractivity contribution < 1.29 is 13.9 Å². The van der Waals surface area contributed by atoms with E-state index in [4.69, 9.17) is 14.9 Å². The van der Waals surface area contributed by atoms with Crippen LogP contribution in [0.25, 0.3) is 11.3 Å². The highest BCUT2D eigenvalue weighted by molar-refractivity contribution is 5.75. The van der Waals surface area contributed by atoms with Crippen LogP contribution in [0.4, 0.5) is 0 Å². The lowest BCUT2D eigenvalue weighted by Crippen LogP contribution is -2.35. The number of oxazole rings is 1. The zero-order valence-electron chi connectivity index (χ0n) is 11.6. The van der Waals surface area contributed by atoms with Crippen LogP contribution in [0.2, 0.25) is 0 Å². The summed E-state index contributed by atoms with van der Waals surface area (Å²) < 4.78 is 10.6. The largest absolute Gasteiger partial charge is 0.462 e. The highest BCUT2D eigenvalue weighted by Gasteiger charge is 2.19. The summed E-state index contributed by atoms with van der Waals surface area (Å²) in [6.07, 6.45) is 1.67. The van der Waals surface area contributed by atoms with Crippen molar-refractivity contribution in [3.8, 4) is 11.3 Å². The molecule has 106 valence electrons. The molecule has 1 atom stereocenters. The van der Waals surface area contributed by atoms with Crippen molar-refractivity contribution in [1.29, 1.82) is 0 Å². The van der Waals surface area contributed by atoms with Gasteiger partial charge in [0.05, 0.1) is 18.7 Å². The topological polar surface area (TPSA) is 78.4 Å². The Hall–Kier alpha value is -2.14. The van der Waals surface area contributed by atoms with Crippen molar-refractivity contribution in [2.24, 2.45) is 5.73 Å². The number of hydrogen-bond acceptors (Lipinski definition) is 5. The van der Waals surface area contributed by atoms with Crippen LogP contribution in [-0.2, 0) is 16.0 Å². The molecule has 2 aromatic rings. The molecule has 0 aliphatic carbocycles. The molecule has 1 aromatic heterocycles. The molecule has 0 amide bonds. The summed E-state index contributed by atoms with van der Waals surface area (Å²) in [6, 6.07) is 8.86. The minimum Gasteiger partial charge on any atom is -0.462 e. The fourth-order valence-corrected chi connectivity index (χ4v) is 1.73. The van der Waals surface area contributed by atoms with Crippen LogP contribution in [0.5, 0.6) is 0 Å². The predicted molar refractivity (Wildman–Crippen MR) is 74.8 cm³/mol. The van der Waals surface area contributed by atoms with Crippen LogP contribution in [0.3, 0.4) is 0 Å². The second kappa shape index (κ2) is 6.34. The zero-order chi connectivity index (χ0) is 14.5. The zero-order valence-corrected chi connectivity index (χ0v) is 11.6. The van der Waals surface area contributed by atoms with Crippen LogP contribution >= 0.6 is 0 Å². The van der Waals surface area contributed by atoms with Crippen molar-refractivity contribution in [1.82, 2.24) is 4.98 Å². The third-order valence-corrected chi connectivity index (χ3v) is 2.66. The molecule has 5 heteroatoms. The van der Waals surface area contributed by atoms with Crippen molar-refractivity contribution in [2.75, 3.05) is 0 Å². The number of rotatable bonds is 5. The molecule has 2 rings (SSSR count). The van der Waals surface area contributed by atoms with Gasteiger partial charge in [0.1, 0.15) is 6.04 Å². The number of nitrogens with two attached hydrogens (primary N) is 1. The fraction of sp³-hybridized carbons (Fsp3) is 0.333. The molecule has 1 heterocycles. The van der Waals surface area contributed by atoms with Gasteiger partial charge in [0.15, 0.2) is 11.7 Å². The number of aromatic nitrogens is 1. The van der Waals surface area contributed by atoms with E-state index in [9.17, 15) is 4.79 Å². The second-order valence-electron chi connectivity index (χ2n) is 4.78. The first kappa shape index (κ1) is 14.3. The molecule has 1 unspecified atom stereocenters. The summed E-state index contributed by atoms with van der Waals surface area (Å²) >= 11 is 0. The van der Waals surface area contributed by atoms with E-state index in [0.717, 1.165) is 5.56 Å². The average Bonchev–Trinajstić information content (AvgIpc) is 2.87. The van der Waals surface area contributed by atoms with E-state index < -0.39 is 12.0 Å². The molecule has 0 saturated heterocycles. The first-order valence-corrected chi connectivity index (χ1v) is 6.52. The average molecular weight is 274 g/mol. The van der Waals surface area contributed by atoms with Gasteiger partial charge in [0.25, 0.3) is 0 Å². The van der Waals surface area contributed by atoms with Crippen LogP contribution in [0.15, 0.2) is 40.9 Å². The Morgan fingerprint density at radius 1 is 1.35 bits per heavy atom. The van der Waals surface area contributed by atoms with E-state index in [0.29, 0.717) is 11.7 Å². The number of benzene rings is 1. The Bertz CT molecular complexity index is 564. The van der Waals surface area contributed by atoms with E-state index in [1.807, 2.05) is 30.3 Å². The standard InChI is InChI=1S/C15H18N2O3/c1-10(2)19-15(18)12(16)8-14-17-9-13(20-14)11-6-4-3-5-7-11/h3-7,9-10,12H,8,16H2,1-2H3. The normalized spacial score (nSPS) is 12.4. The molecular weight excluding hydrogens is 256 g/mol.